The van der Waals surface area contributed by atoms with Crippen molar-refractivity contribution in [2.45, 2.75) is 45.4 Å². The van der Waals surface area contributed by atoms with Crippen LogP contribution in [0.3, 0.4) is 0 Å². The standard InChI is InChI=1S/C34H38F4N6O5/c1-5-28(45)42-11-12-43(20(4)15-42)33-22-13-24(36)30-29-23(35)7-6-8-25(29)48-17-26(49-18-27(37)38)31(46)21(9-10-39-14-19(2)3)16-44(32(22)40-30)34(47)41-33/h5-10,13,16,19-20,26-27,31,39,46H,1,11-12,14-15,17-18H2,2-4H3/b10-9-,21-16?/t20-,26?,31?/m0/s1. The Morgan fingerprint density at radius 1 is 1.22 bits per heavy atom. The van der Waals surface area contributed by atoms with Gasteiger partial charge in [0.25, 0.3) is 6.43 Å². The van der Waals surface area contributed by atoms with Crippen molar-refractivity contribution in [2.24, 2.45) is 5.92 Å². The molecular formula is C34H38F4N6O5. The van der Waals surface area contributed by atoms with Crippen LogP contribution in [0.25, 0.3) is 28.5 Å². The molecule has 0 aliphatic carbocycles. The number of aliphatic hydroxyl groups is 1. The molecule has 0 saturated carbocycles. The smallest absolute Gasteiger partial charge is 0.355 e. The van der Waals surface area contributed by atoms with Crippen molar-refractivity contribution in [2.75, 3.05) is 44.3 Å². The molecule has 11 nitrogen and oxygen atoms in total. The first-order valence-electron chi connectivity index (χ1n) is 15.8. The van der Waals surface area contributed by atoms with Crippen molar-refractivity contribution in [3.8, 4) is 17.0 Å². The summed E-state index contributed by atoms with van der Waals surface area (Å²) in [6, 6.07) is 4.47. The SMILES string of the molecule is C=CC(=O)N1CCN(c2nc(=O)n3c4nc(c(F)cc24)-c2c(F)cccc2OCC(OCC(F)F)C(O)C(/C=C\NCC(C)C)=C3)[C@@H](C)C1. The third-order valence-corrected chi connectivity index (χ3v) is 8.16. The zero-order valence-corrected chi connectivity index (χ0v) is 27.3. The number of carbonyl (C=O) groups is 1. The molecule has 2 aromatic heterocycles. The number of fused-ring (bicyclic) bond motifs is 3. The Morgan fingerprint density at radius 2 is 2.00 bits per heavy atom. The molecule has 262 valence electrons. The molecule has 15 heteroatoms. The van der Waals surface area contributed by atoms with E-state index in [0.717, 1.165) is 16.7 Å². The van der Waals surface area contributed by atoms with E-state index in [-0.39, 0.29) is 71.2 Å². The van der Waals surface area contributed by atoms with Gasteiger partial charge in [0.1, 0.15) is 48.5 Å². The number of aromatic nitrogens is 3. The fraction of sp³-hybridized carbons (Fsp3) is 0.412. The minimum absolute atomic E-state index is 0.0229. The van der Waals surface area contributed by atoms with Gasteiger partial charge < -0.3 is 29.7 Å². The summed E-state index contributed by atoms with van der Waals surface area (Å²) >= 11 is 0. The summed E-state index contributed by atoms with van der Waals surface area (Å²) < 4.78 is 70.3. The Bertz CT molecular complexity index is 1830. The van der Waals surface area contributed by atoms with Crippen molar-refractivity contribution in [3.63, 3.8) is 0 Å². The van der Waals surface area contributed by atoms with Crippen molar-refractivity contribution < 1.29 is 36.9 Å². The number of anilines is 1. The summed E-state index contributed by atoms with van der Waals surface area (Å²) in [6.45, 7) is 9.07. The van der Waals surface area contributed by atoms with Crippen molar-refractivity contribution >= 4 is 29.0 Å². The van der Waals surface area contributed by atoms with Crippen LogP contribution in [0, 0.1) is 17.6 Å². The van der Waals surface area contributed by atoms with Gasteiger partial charge >= 0.3 is 5.69 Å². The van der Waals surface area contributed by atoms with Crippen molar-refractivity contribution in [3.05, 3.63) is 76.9 Å². The topological polar surface area (TPSA) is 122 Å². The lowest BCUT2D eigenvalue weighted by Gasteiger charge is -2.40. The Kier molecular flexibility index (Phi) is 11.0. The minimum Gasteiger partial charge on any atom is -0.490 e. The van der Waals surface area contributed by atoms with Gasteiger partial charge in [0.15, 0.2) is 11.5 Å². The summed E-state index contributed by atoms with van der Waals surface area (Å²) in [4.78, 5) is 38.3. The van der Waals surface area contributed by atoms with Crippen LogP contribution < -0.4 is 20.6 Å². The van der Waals surface area contributed by atoms with Gasteiger partial charge in [0.2, 0.25) is 5.91 Å². The lowest BCUT2D eigenvalue weighted by molar-refractivity contribution is -0.126. The van der Waals surface area contributed by atoms with E-state index in [1.54, 1.807) is 9.80 Å². The van der Waals surface area contributed by atoms with Crippen LogP contribution in [0.5, 0.6) is 5.75 Å². The number of piperazine rings is 1. The molecule has 1 amide bonds. The third kappa shape index (κ3) is 7.78. The Hall–Kier alpha value is -4.76. The van der Waals surface area contributed by atoms with Crippen LogP contribution in [0.2, 0.25) is 0 Å². The van der Waals surface area contributed by atoms with E-state index in [1.807, 2.05) is 20.8 Å². The van der Waals surface area contributed by atoms with Gasteiger partial charge in [0.05, 0.1) is 10.9 Å². The van der Waals surface area contributed by atoms with Gasteiger partial charge in [-0.15, -0.1) is 0 Å². The number of aliphatic hydroxyl groups excluding tert-OH is 1. The fourth-order valence-electron chi connectivity index (χ4n) is 5.73. The predicted molar refractivity (Wildman–Crippen MR) is 176 cm³/mol. The number of halogens is 4. The number of hydrogen-bond acceptors (Lipinski definition) is 9. The lowest BCUT2D eigenvalue weighted by Crippen LogP contribution is -2.54. The number of nitrogens with zero attached hydrogens (tertiary/aromatic N) is 5. The molecule has 2 aliphatic rings. The highest BCUT2D eigenvalue weighted by atomic mass is 19.3. The zero-order chi connectivity index (χ0) is 35.4. The highest BCUT2D eigenvalue weighted by Gasteiger charge is 2.32. The van der Waals surface area contributed by atoms with E-state index in [0.29, 0.717) is 6.54 Å². The van der Waals surface area contributed by atoms with Crippen molar-refractivity contribution in [1.82, 2.24) is 24.8 Å². The fourth-order valence-corrected chi connectivity index (χ4v) is 5.73. The van der Waals surface area contributed by atoms with Crippen LogP contribution in [0.1, 0.15) is 20.8 Å². The van der Waals surface area contributed by atoms with Gasteiger partial charge in [0, 0.05) is 44.0 Å². The number of benzene rings is 1. The second kappa shape index (κ2) is 15.2. The summed E-state index contributed by atoms with van der Waals surface area (Å²) in [6.07, 6.45) is -0.580. The summed E-state index contributed by atoms with van der Waals surface area (Å²) in [5.41, 5.74) is -1.83. The van der Waals surface area contributed by atoms with Crippen molar-refractivity contribution in [1.29, 1.82) is 0 Å². The highest BCUT2D eigenvalue weighted by Crippen LogP contribution is 2.37. The number of hydrogen-bond donors (Lipinski definition) is 2. The summed E-state index contributed by atoms with van der Waals surface area (Å²) in [5.74, 6) is -1.95. The van der Waals surface area contributed by atoms with Crippen LogP contribution in [0.15, 0.2) is 59.6 Å². The first-order valence-corrected chi connectivity index (χ1v) is 15.8. The minimum atomic E-state index is -2.88. The number of carbonyl (C=O) groups excluding carboxylic acids is 1. The number of amides is 1. The number of nitrogens with one attached hydrogen (secondary N) is 1. The number of alkyl halides is 2. The molecule has 1 aromatic carbocycles. The molecule has 1 fully saturated rings. The molecule has 2 N–H and O–H groups in total. The van der Waals surface area contributed by atoms with E-state index < -0.39 is 54.9 Å². The molecule has 1 saturated heterocycles. The molecule has 2 unspecified atom stereocenters. The highest BCUT2D eigenvalue weighted by molar-refractivity contribution is 5.91. The first kappa shape index (κ1) is 35.5. The molecule has 0 spiro atoms. The normalized spacial score (nSPS) is 19.9. The molecule has 0 radical (unpaired) electrons. The van der Waals surface area contributed by atoms with Crippen LogP contribution in [-0.2, 0) is 9.53 Å². The van der Waals surface area contributed by atoms with E-state index >= 15 is 8.78 Å². The molecule has 49 heavy (non-hydrogen) atoms. The second-order valence-corrected chi connectivity index (χ2v) is 12.2. The third-order valence-electron chi connectivity index (χ3n) is 8.16. The van der Waals surface area contributed by atoms with Crippen LogP contribution >= 0.6 is 0 Å². The van der Waals surface area contributed by atoms with Crippen LogP contribution in [-0.4, -0.2) is 94.5 Å². The molecular weight excluding hydrogens is 648 g/mol. The summed E-state index contributed by atoms with van der Waals surface area (Å²) in [7, 11) is 0. The zero-order valence-electron chi connectivity index (χ0n) is 27.3. The maximum absolute atomic E-state index is 16.1. The average molecular weight is 687 g/mol. The first-order chi connectivity index (χ1) is 23.4. The number of pyridine rings is 1. The van der Waals surface area contributed by atoms with Gasteiger partial charge in [-0.1, -0.05) is 26.5 Å². The van der Waals surface area contributed by atoms with Gasteiger partial charge in [-0.05, 0) is 49.4 Å². The average Bonchev–Trinajstić information content (AvgIpc) is 3.05. The summed E-state index contributed by atoms with van der Waals surface area (Å²) in [5, 5.41) is 14.7. The monoisotopic (exact) mass is 686 g/mol. The molecule has 4 heterocycles. The van der Waals surface area contributed by atoms with E-state index in [4.69, 9.17) is 9.47 Å². The molecule has 3 atom stereocenters. The largest absolute Gasteiger partial charge is 0.490 e. The Morgan fingerprint density at radius 3 is 2.69 bits per heavy atom. The van der Waals surface area contributed by atoms with E-state index in [1.165, 1.54) is 36.7 Å². The van der Waals surface area contributed by atoms with Gasteiger partial charge in [-0.2, -0.15) is 4.98 Å². The van der Waals surface area contributed by atoms with Gasteiger partial charge in [-0.25, -0.2) is 27.3 Å². The molecule has 3 aromatic rings. The van der Waals surface area contributed by atoms with E-state index in [2.05, 4.69) is 21.9 Å². The van der Waals surface area contributed by atoms with Crippen LogP contribution in [0.4, 0.5) is 23.4 Å². The Labute approximate surface area is 280 Å². The lowest BCUT2D eigenvalue weighted by atomic mass is 10.0. The molecule has 2 bridgehead atoms. The number of ether oxygens (including phenoxy) is 2. The predicted octanol–water partition coefficient (Wildman–Crippen LogP) is 3.96. The maximum atomic E-state index is 16.1. The van der Waals surface area contributed by atoms with E-state index in [9.17, 15) is 23.5 Å². The Balaban J connectivity index is 1.76. The molecule has 2 aliphatic heterocycles. The number of rotatable bonds is 9. The second-order valence-electron chi connectivity index (χ2n) is 12.2. The quantitative estimate of drug-likeness (QED) is 0.255. The molecule has 5 rings (SSSR count). The maximum Gasteiger partial charge on any atom is 0.355 e. The van der Waals surface area contributed by atoms with Gasteiger partial charge in [-0.3, -0.25) is 9.36 Å².